The van der Waals surface area contributed by atoms with Gasteiger partial charge in [-0.3, -0.25) is 0 Å². The summed E-state index contributed by atoms with van der Waals surface area (Å²) >= 11 is 2.00. The van der Waals surface area contributed by atoms with E-state index in [1.165, 1.54) is 28.2 Å². The van der Waals surface area contributed by atoms with Gasteiger partial charge in [0.15, 0.2) is 0 Å². The minimum Gasteiger partial charge on any atom is -0.126 e. The molecule has 0 heterocycles. The summed E-state index contributed by atoms with van der Waals surface area (Å²) in [5, 5.41) is 0. The summed E-state index contributed by atoms with van der Waals surface area (Å²) in [4.78, 5) is 1.47. The minimum absolute atomic E-state index is 0.623. The van der Waals surface area contributed by atoms with Gasteiger partial charge in [-0.05, 0) is 41.2 Å². The van der Waals surface area contributed by atoms with Crippen molar-refractivity contribution in [2.24, 2.45) is 0 Å². The van der Waals surface area contributed by atoms with Gasteiger partial charge in [0.25, 0.3) is 0 Å². The fourth-order valence-electron chi connectivity index (χ4n) is 1.72. The van der Waals surface area contributed by atoms with Gasteiger partial charge in [-0.1, -0.05) is 46.8 Å². The first-order chi connectivity index (χ1) is 7.56. The zero-order chi connectivity index (χ0) is 12.1. The van der Waals surface area contributed by atoms with Crippen LogP contribution in [0.3, 0.4) is 0 Å². The van der Waals surface area contributed by atoms with Crippen molar-refractivity contribution in [2.75, 3.05) is 5.75 Å². The lowest BCUT2D eigenvalue weighted by Gasteiger charge is -2.15. The standard InChI is InChI=1S/C15H24S/c1-6-9-16-15-8-7-13(11(2)3)10-14(15)12(4)5/h7-8,10-12H,6,9H2,1-5H3. The molecule has 0 saturated carbocycles. The molecule has 90 valence electrons. The Bertz CT molecular complexity index is 326. The van der Waals surface area contributed by atoms with Crippen molar-refractivity contribution < 1.29 is 0 Å². The molecule has 1 aromatic rings. The van der Waals surface area contributed by atoms with Gasteiger partial charge >= 0.3 is 0 Å². The molecule has 0 atom stereocenters. The third kappa shape index (κ3) is 3.55. The molecule has 0 fully saturated rings. The van der Waals surface area contributed by atoms with E-state index in [2.05, 4.69) is 52.8 Å². The molecule has 0 spiro atoms. The summed E-state index contributed by atoms with van der Waals surface area (Å²) in [5.41, 5.74) is 2.98. The van der Waals surface area contributed by atoms with Gasteiger partial charge in [-0.25, -0.2) is 0 Å². The van der Waals surface area contributed by atoms with Gasteiger partial charge in [0, 0.05) is 4.90 Å². The number of rotatable bonds is 5. The Morgan fingerprint density at radius 2 is 1.75 bits per heavy atom. The van der Waals surface area contributed by atoms with Crippen LogP contribution in [-0.2, 0) is 0 Å². The Hall–Kier alpha value is -0.430. The second-order valence-corrected chi connectivity index (χ2v) is 6.09. The van der Waals surface area contributed by atoms with Gasteiger partial charge in [-0.15, -0.1) is 11.8 Å². The van der Waals surface area contributed by atoms with E-state index in [9.17, 15) is 0 Å². The maximum atomic E-state index is 2.40. The van der Waals surface area contributed by atoms with Crippen molar-refractivity contribution in [3.8, 4) is 0 Å². The Balaban J connectivity index is 2.99. The van der Waals surface area contributed by atoms with Gasteiger partial charge in [0.2, 0.25) is 0 Å². The summed E-state index contributed by atoms with van der Waals surface area (Å²) < 4.78 is 0. The van der Waals surface area contributed by atoms with E-state index in [0.29, 0.717) is 11.8 Å². The normalized spacial score (nSPS) is 11.4. The Morgan fingerprint density at radius 3 is 2.25 bits per heavy atom. The van der Waals surface area contributed by atoms with E-state index in [0.717, 1.165) is 0 Å². The Kier molecular flexibility index (Phi) is 5.40. The number of thioether (sulfide) groups is 1. The van der Waals surface area contributed by atoms with Crippen molar-refractivity contribution >= 4 is 11.8 Å². The zero-order valence-electron chi connectivity index (χ0n) is 11.2. The number of benzene rings is 1. The van der Waals surface area contributed by atoms with E-state index >= 15 is 0 Å². The van der Waals surface area contributed by atoms with Crippen LogP contribution in [0, 0.1) is 0 Å². The van der Waals surface area contributed by atoms with Crippen LogP contribution in [0.5, 0.6) is 0 Å². The maximum absolute atomic E-state index is 2.40. The maximum Gasteiger partial charge on any atom is 0.0107 e. The first-order valence-electron chi connectivity index (χ1n) is 6.32. The van der Waals surface area contributed by atoms with Crippen molar-refractivity contribution in [2.45, 2.75) is 57.8 Å². The quantitative estimate of drug-likeness (QED) is 0.614. The molecule has 0 aromatic heterocycles. The predicted molar refractivity (Wildman–Crippen MR) is 75.6 cm³/mol. The summed E-state index contributed by atoms with van der Waals surface area (Å²) in [6.45, 7) is 11.3. The van der Waals surface area contributed by atoms with E-state index < -0.39 is 0 Å². The molecule has 0 bridgehead atoms. The fourth-order valence-corrected chi connectivity index (χ4v) is 2.77. The van der Waals surface area contributed by atoms with Crippen LogP contribution < -0.4 is 0 Å². The molecular weight excluding hydrogens is 212 g/mol. The molecule has 0 unspecified atom stereocenters. The molecule has 0 aliphatic heterocycles. The topological polar surface area (TPSA) is 0 Å². The molecule has 0 saturated heterocycles. The highest BCUT2D eigenvalue weighted by atomic mass is 32.2. The third-order valence-corrected chi connectivity index (χ3v) is 4.08. The Labute approximate surface area is 105 Å². The summed E-state index contributed by atoms with van der Waals surface area (Å²) in [6, 6.07) is 6.99. The second kappa shape index (κ2) is 6.34. The lowest BCUT2D eigenvalue weighted by Crippen LogP contribution is -1.96. The highest BCUT2D eigenvalue weighted by Gasteiger charge is 2.09. The monoisotopic (exact) mass is 236 g/mol. The molecule has 0 amide bonds. The zero-order valence-corrected chi connectivity index (χ0v) is 12.0. The van der Waals surface area contributed by atoms with Crippen LogP contribution in [-0.4, -0.2) is 5.75 Å². The average Bonchev–Trinajstić information content (AvgIpc) is 2.25. The molecule has 16 heavy (non-hydrogen) atoms. The van der Waals surface area contributed by atoms with Crippen LogP contribution in [0.25, 0.3) is 0 Å². The van der Waals surface area contributed by atoms with E-state index in [4.69, 9.17) is 0 Å². The van der Waals surface area contributed by atoms with E-state index in [1.54, 1.807) is 0 Å². The van der Waals surface area contributed by atoms with Crippen molar-refractivity contribution in [3.63, 3.8) is 0 Å². The van der Waals surface area contributed by atoms with E-state index in [-0.39, 0.29) is 0 Å². The second-order valence-electron chi connectivity index (χ2n) is 4.96. The highest BCUT2D eigenvalue weighted by Crippen LogP contribution is 2.31. The minimum atomic E-state index is 0.623. The lowest BCUT2D eigenvalue weighted by atomic mass is 9.96. The summed E-state index contributed by atoms with van der Waals surface area (Å²) in [7, 11) is 0. The van der Waals surface area contributed by atoms with Crippen LogP contribution in [0.15, 0.2) is 23.1 Å². The fraction of sp³-hybridized carbons (Fsp3) is 0.600. The highest BCUT2D eigenvalue weighted by molar-refractivity contribution is 7.99. The lowest BCUT2D eigenvalue weighted by molar-refractivity contribution is 0.815. The molecule has 0 aliphatic carbocycles. The third-order valence-electron chi connectivity index (χ3n) is 2.78. The van der Waals surface area contributed by atoms with Crippen molar-refractivity contribution in [1.29, 1.82) is 0 Å². The van der Waals surface area contributed by atoms with Crippen molar-refractivity contribution in [3.05, 3.63) is 29.3 Å². The molecule has 1 heteroatoms. The summed E-state index contributed by atoms with van der Waals surface area (Å²) in [5.74, 6) is 2.47. The molecule has 0 aliphatic rings. The van der Waals surface area contributed by atoms with Crippen molar-refractivity contribution in [1.82, 2.24) is 0 Å². The average molecular weight is 236 g/mol. The molecule has 1 aromatic carbocycles. The van der Waals surface area contributed by atoms with Crippen LogP contribution >= 0.6 is 11.8 Å². The first kappa shape index (κ1) is 13.6. The molecular formula is C15H24S. The van der Waals surface area contributed by atoms with Crippen LogP contribution in [0.2, 0.25) is 0 Å². The molecule has 0 nitrogen and oxygen atoms in total. The number of hydrogen-bond donors (Lipinski definition) is 0. The van der Waals surface area contributed by atoms with Gasteiger partial charge in [-0.2, -0.15) is 0 Å². The van der Waals surface area contributed by atoms with Crippen LogP contribution in [0.1, 0.15) is 64.0 Å². The van der Waals surface area contributed by atoms with Gasteiger partial charge < -0.3 is 0 Å². The predicted octanol–water partition coefficient (Wildman–Crippen LogP) is 5.44. The first-order valence-corrected chi connectivity index (χ1v) is 7.31. The number of hydrogen-bond acceptors (Lipinski definition) is 1. The molecule has 0 radical (unpaired) electrons. The smallest absolute Gasteiger partial charge is 0.0107 e. The Morgan fingerprint density at radius 1 is 1.06 bits per heavy atom. The van der Waals surface area contributed by atoms with Gasteiger partial charge in [0.05, 0.1) is 0 Å². The van der Waals surface area contributed by atoms with Gasteiger partial charge in [0.1, 0.15) is 0 Å². The molecule has 0 N–H and O–H groups in total. The van der Waals surface area contributed by atoms with Crippen LogP contribution in [0.4, 0.5) is 0 Å². The summed E-state index contributed by atoms with van der Waals surface area (Å²) in [6.07, 6.45) is 1.24. The SMILES string of the molecule is CCCSc1ccc(C(C)C)cc1C(C)C. The largest absolute Gasteiger partial charge is 0.126 e. The van der Waals surface area contributed by atoms with E-state index in [1.807, 2.05) is 11.8 Å². The molecule has 1 rings (SSSR count).